The number of thiophene rings is 1. The van der Waals surface area contributed by atoms with Crippen LogP contribution in [-0.4, -0.2) is 47.0 Å². The lowest BCUT2D eigenvalue weighted by Gasteiger charge is -2.32. The second kappa shape index (κ2) is 9.77. The van der Waals surface area contributed by atoms with E-state index in [4.69, 9.17) is 0 Å². The van der Waals surface area contributed by atoms with E-state index in [1.165, 1.54) is 52.9 Å². The summed E-state index contributed by atoms with van der Waals surface area (Å²) in [6.45, 7) is 9.97. The summed E-state index contributed by atoms with van der Waals surface area (Å²) >= 11 is 1.73. The molecule has 0 aliphatic carbocycles. The minimum absolute atomic E-state index is 0.0645. The predicted molar refractivity (Wildman–Crippen MR) is 135 cm³/mol. The molecule has 33 heavy (non-hydrogen) atoms. The number of aromatic nitrogens is 2. The standard InChI is InChI=1S/C26H33N5OS/c1-18-19(2)33-26-23(18)24(28-17-29-26)31-13-9-20(10-14-31)25(32)27-15-21-7-3-4-8-22(21)16-30-11-5-6-12-30/h3-4,7-8,17,20H,5-6,9-16H2,1-2H3,(H,27,32). The fraction of sp³-hybridized carbons (Fsp3) is 0.500. The highest BCUT2D eigenvalue weighted by Crippen LogP contribution is 2.35. The zero-order valence-electron chi connectivity index (χ0n) is 19.6. The highest BCUT2D eigenvalue weighted by molar-refractivity contribution is 7.18. The molecule has 0 saturated carbocycles. The Labute approximate surface area is 200 Å². The van der Waals surface area contributed by atoms with E-state index in [1.807, 2.05) is 0 Å². The number of piperidine rings is 1. The molecular weight excluding hydrogens is 430 g/mol. The van der Waals surface area contributed by atoms with Crippen molar-refractivity contribution in [2.24, 2.45) is 5.92 Å². The molecule has 3 aromatic rings. The molecule has 4 heterocycles. The molecule has 2 aromatic heterocycles. The number of aryl methyl sites for hydroxylation is 2. The molecule has 7 heteroatoms. The van der Waals surface area contributed by atoms with Gasteiger partial charge < -0.3 is 10.2 Å². The van der Waals surface area contributed by atoms with Gasteiger partial charge in [0.05, 0.1) is 5.39 Å². The van der Waals surface area contributed by atoms with E-state index in [2.05, 4.69) is 63.2 Å². The first kappa shape index (κ1) is 22.3. The second-order valence-corrected chi connectivity index (χ2v) is 10.6. The second-order valence-electron chi connectivity index (χ2n) is 9.39. The van der Waals surface area contributed by atoms with Crippen molar-refractivity contribution in [3.8, 4) is 0 Å². The van der Waals surface area contributed by atoms with Crippen LogP contribution in [0.4, 0.5) is 5.82 Å². The van der Waals surface area contributed by atoms with E-state index in [9.17, 15) is 4.79 Å². The summed E-state index contributed by atoms with van der Waals surface area (Å²) in [7, 11) is 0. The molecule has 2 fully saturated rings. The van der Waals surface area contributed by atoms with Gasteiger partial charge in [-0.25, -0.2) is 9.97 Å². The Balaban J connectivity index is 1.18. The van der Waals surface area contributed by atoms with Crippen LogP contribution in [0.3, 0.4) is 0 Å². The third-order valence-electron chi connectivity index (χ3n) is 7.27. The number of nitrogens with one attached hydrogen (secondary N) is 1. The highest BCUT2D eigenvalue weighted by atomic mass is 32.1. The average Bonchev–Trinajstić information content (AvgIpc) is 3.46. The Morgan fingerprint density at radius 2 is 1.79 bits per heavy atom. The van der Waals surface area contributed by atoms with E-state index in [0.29, 0.717) is 6.54 Å². The van der Waals surface area contributed by atoms with Gasteiger partial charge in [-0.15, -0.1) is 11.3 Å². The van der Waals surface area contributed by atoms with Crippen LogP contribution in [0, 0.1) is 19.8 Å². The molecule has 5 rings (SSSR count). The zero-order chi connectivity index (χ0) is 22.8. The Morgan fingerprint density at radius 3 is 2.55 bits per heavy atom. The molecule has 2 saturated heterocycles. The Hall–Kier alpha value is -2.51. The van der Waals surface area contributed by atoms with Crippen LogP contribution >= 0.6 is 11.3 Å². The average molecular weight is 464 g/mol. The van der Waals surface area contributed by atoms with Crippen molar-refractivity contribution in [1.82, 2.24) is 20.2 Å². The van der Waals surface area contributed by atoms with Gasteiger partial charge in [-0.05, 0) is 69.3 Å². The van der Waals surface area contributed by atoms with Crippen molar-refractivity contribution < 1.29 is 4.79 Å². The van der Waals surface area contributed by atoms with Crippen LogP contribution in [0.25, 0.3) is 10.2 Å². The predicted octanol–water partition coefficient (Wildman–Crippen LogP) is 4.44. The summed E-state index contributed by atoms with van der Waals surface area (Å²) in [5.74, 6) is 1.27. The summed E-state index contributed by atoms with van der Waals surface area (Å²) in [6, 6.07) is 8.53. The molecule has 6 nitrogen and oxygen atoms in total. The first-order valence-corrected chi connectivity index (χ1v) is 12.9. The van der Waals surface area contributed by atoms with E-state index in [0.717, 1.165) is 43.1 Å². The van der Waals surface area contributed by atoms with E-state index in [-0.39, 0.29) is 11.8 Å². The fourth-order valence-electron chi connectivity index (χ4n) is 5.15. The van der Waals surface area contributed by atoms with Gasteiger partial charge in [-0.1, -0.05) is 24.3 Å². The Morgan fingerprint density at radius 1 is 1.06 bits per heavy atom. The zero-order valence-corrected chi connectivity index (χ0v) is 20.5. The number of hydrogen-bond donors (Lipinski definition) is 1. The molecular formula is C26H33N5OS. The molecule has 0 atom stereocenters. The van der Waals surface area contributed by atoms with E-state index < -0.39 is 0 Å². The molecule has 1 amide bonds. The van der Waals surface area contributed by atoms with Gasteiger partial charge in [-0.2, -0.15) is 0 Å². The SMILES string of the molecule is Cc1sc2ncnc(N3CCC(C(=O)NCc4ccccc4CN4CCCC4)CC3)c2c1C. The number of amides is 1. The minimum atomic E-state index is 0.0645. The Bertz CT molecular complexity index is 1130. The first-order valence-electron chi connectivity index (χ1n) is 12.1. The fourth-order valence-corrected chi connectivity index (χ4v) is 6.14. The molecule has 2 aliphatic heterocycles. The van der Waals surface area contributed by atoms with Crippen molar-refractivity contribution >= 4 is 33.3 Å². The maximum absolute atomic E-state index is 13.0. The lowest BCUT2D eigenvalue weighted by atomic mass is 9.95. The summed E-state index contributed by atoms with van der Waals surface area (Å²) in [4.78, 5) is 29.3. The van der Waals surface area contributed by atoms with Gasteiger partial charge in [0.1, 0.15) is 17.0 Å². The first-order chi connectivity index (χ1) is 16.1. The quantitative estimate of drug-likeness (QED) is 0.586. The van der Waals surface area contributed by atoms with Gasteiger partial charge in [-0.3, -0.25) is 9.69 Å². The number of anilines is 1. The number of rotatable bonds is 6. The van der Waals surface area contributed by atoms with Crippen molar-refractivity contribution in [3.05, 3.63) is 52.2 Å². The van der Waals surface area contributed by atoms with Crippen LogP contribution in [0.1, 0.15) is 47.3 Å². The van der Waals surface area contributed by atoms with Crippen molar-refractivity contribution in [1.29, 1.82) is 0 Å². The van der Waals surface area contributed by atoms with Gasteiger partial charge >= 0.3 is 0 Å². The lowest BCUT2D eigenvalue weighted by Crippen LogP contribution is -2.40. The van der Waals surface area contributed by atoms with Crippen molar-refractivity contribution in [2.45, 2.75) is 52.6 Å². The molecule has 0 radical (unpaired) electrons. The number of benzene rings is 1. The van der Waals surface area contributed by atoms with Gasteiger partial charge in [0.25, 0.3) is 0 Å². The molecule has 174 valence electrons. The summed E-state index contributed by atoms with van der Waals surface area (Å²) in [6.07, 6.45) is 5.97. The number of likely N-dealkylation sites (tertiary alicyclic amines) is 1. The number of carbonyl (C=O) groups is 1. The van der Waals surface area contributed by atoms with E-state index >= 15 is 0 Å². The van der Waals surface area contributed by atoms with Gasteiger partial charge in [0, 0.05) is 37.0 Å². The molecule has 0 bridgehead atoms. The molecule has 1 aromatic carbocycles. The minimum Gasteiger partial charge on any atom is -0.356 e. The maximum atomic E-state index is 13.0. The topological polar surface area (TPSA) is 61.4 Å². The van der Waals surface area contributed by atoms with Crippen LogP contribution < -0.4 is 10.2 Å². The van der Waals surface area contributed by atoms with E-state index in [1.54, 1.807) is 17.7 Å². The van der Waals surface area contributed by atoms with Crippen LogP contribution in [0.5, 0.6) is 0 Å². The van der Waals surface area contributed by atoms with Crippen LogP contribution in [-0.2, 0) is 17.9 Å². The van der Waals surface area contributed by atoms with Crippen molar-refractivity contribution in [3.63, 3.8) is 0 Å². The number of fused-ring (bicyclic) bond motifs is 1. The third kappa shape index (κ3) is 4.75. The molecule has 0 spiro atoms. The Kier molecular flexibility index (Phi) is 6.60. The molecule has 2 aliphatic rings. The number of nitrogens with zero attached hydrogens (tertiary/aromatic N) is 4. The maximum Gasteiger partial charge on any atom is 0.223 e. The normalized spacial score (nSPS) is 17.7. The summed E-state index contributed by atoms with van der Waals surface area (Å²) in [5, 5.41) is 4.41. The van der Waals surface area contributed by atoms with Gasteiger partial charge in [0.2, 0.25) is 5.91 Å². The largest absolute Gasteiger partial charge is 0.356 e. The smallest absolute Gasteiger partial charge is 0.223 e. The van der Waals surface area contributed by atoms with Gasteiger partial charge in [0.15, 0.2) is 0 Å². The summed E-state index contributed by atoms with van der Waals surface area (Å²) < 4.78 is 0. The summed E-state index contributed by atoms with van der Waals surface area (Å²) in [5.41, 5.74) is 3.85. The number of hydrogen-bond acceptors (Lipinski definition) is 6. The van der Waals surface area contributed by atoms with Crippen molar-refractivity contribution in [2.75, 3.05) is 31.1 Å². The monoisotopic (exact) mass is 463 g/mol. The highest BCUT2D eigenvalue weighted by Gasteiger charge is 2.27. The molecule has 0 unspecified atom stereocenters. The van der Waals surface area contributed by atoms with Crippen LogP contribution in [0.15, 0.2) is 30.6 Å². The number of carbonyl (C=O) groups excluding carboxylic acids is 1. The molecule has 1 N–H and O–H groups in total. The lowest BCUT2D eigenvalue weighted by molar-refractivity contribution is -0.125. The third-order valence-corrected chi connectivity index (χ3v) is 8.39. The van der Waals surface area contributed by atoms with Crippen LogP contribution in [0.2, 0.25) is 0 Å².